The highest BCUT2D eigenvalue weighted by Gasteiger charge is 2.27. The van der Waals surface area contributed by atoms with Gasteiger partial charge >= 0.3 is 0 Å². The van der Waals surface area contributed by atoms with Crippen LogP contribution < -0.4 is 0 Å². The van der Waals surface area contributed by atoms with E-state index in [0.717, 1.165) is 18.4 Å². The predicted octanol–water partition coefficient (Wildman–Crippen LogP) is 3.03. The first kappa shape index (κ1) is 11.2. The van der Waals surface area contributed by atoms with Crippen molar-refractivity contribution in [2.45, 2.75) is 31.7 Å². The van der Waals surface area contributed by atoms with Gasteiger partial charge in [0.05, 0.1) is 28.9 Å². The minimum absolute atomic E-state index is 0.177. The summed E-state index contributed by atoms with van der Waals surface area (Å²) >= 11 is 11.7. The maximum atomic E-state index is 9.08. The van der Waals surface area contributed by atoms with Crippen LogP contribution in [0.4, 0.5) is 0 Å². The zero-order valence-electron chi connectivity index (χ0n) is 8.12. The summed E-state index contributed by atoms with van der Waals surface area (Å²) in [4.78, 5) is 0. The third-order valence-electron chi connectivity index (χ3n) is 2.54. The highest BCUT2D eigenvalue weighted by atomic mass is 35.5. The van der Waals surface area contributed by atoms with Crippen molar-refractivity contribution in [1.29, 1.82) is 0 Å². The lowest BCUT2D eigenvalue weighted by Gasteiger charge is -2.31. The molecule has 1 aliphatic rings. The van der Waals surface area contributed by atoms with Crippen molar-refractivity contribution >= 4 is 23.2 Å². The van der Waals surface area contributed by atoms with Gasteiger partial charge in [-0.1, -0.05) is 29.3 Å². The average Bonchev–Trinajstić information content (AvgIpc) is 2.16. The molecule has 2 rings (SSSR count). The Morgan fingerprint density at radius 1 is 1.27 bits per heavy atom. The van der Waals surface area contributed by atoms with Crippen molar-refractivity contribution in [3.05, 3.63) is 33.8 Å². The number of rotatable bonds is 3. The fourth-order valence-corrected chi connectivity index (χ4v) is 1.84. The van der Waals surface area contributed by atoms with Crippen LogP contribution in [0.15, 0.2) is 18.2 Å². The lowest BCUT2D eigenvalue weighted by Crippen LogP contribution is -2.35. The van der Waals surface area contributed by atoms with Gasteiger partial charge in [-0.05, 0) is 30.5 Å². The van der Waals surface area contributed by atoms with Gasteiger partial charge in [0, 0.05) is 0 Å². The molecular weight excluding hydrogens is 235 g/mol. The van der Waals surface area contributed by atoms with Gasteiger partial charge in [0.2, 0.25) is 0 Å². The zero-order valence-corrected chi connectivity index (χ0v) is 9.63. The second-order valence-electron chi connectivity index (χ2n) is 3.81. The first-order valence-corrected chi connectivity index (χ1v) is 5.64. The van der Waals surface area contributed by atoms with E-state index in [-0.39, 0.29) is 12.2 Å². The number of ether oxygens (including phenoxy) is 1. The molecule has 1 aromatic rings. The minimum Gasteiger partial charge on any atom is -0.393 e. The van der Waals surface area contributed by atoms with E-state index < -0.39 is 0 Å². The third kappa shape index (κ3) is 2.85. The van der Waals surface area contributed by atoms with Crippen LogP contribution in [-0.2, 0) is 11.3 Å². The van der Waals surface area contributed by atoms with Crippen molar-refractivity contribution in [2.75, 3.05) is 0 Å². The van der Waals surface area contributed by atoms with Gasteiger partial charge in [0.25, 0.3) is 0 Å². The molecule has 4 heteroatoms. The molecule has 0 bridgehead atoms. The molecule has 0 amide bonds. The monoisotopic (exact) mass is 246 g/mol. The van der Waals surface area contributed by atoms with Crippen molar-refractivity contribution in [3.8, 4) is 0 Å². The maximum Gasteiger partial charge on any atom is 0.0721 e. The number of hydrogen-bond donors (Lipinski definition) is 1. The van der Waals surface area contributed by atoms with Gasteiger partial charge in [0.15, 0.2) is 0 Å². The Hall–Kier alpha value is -0.280. The number of hydrogen-bond acceptors (Lipinski definition) is 2. The summed E-state index contributed by atoms with van der Waals surface area (Å²) < 4.78 is 5.57. The van der Waals surface area contributed by atoms with Crippen LogP contribution in [-0.4, -0.2) is 17.3 Å². The van der Waals surface area contributed by atoms with Gasteiger partial charge < -0.3 is 9.84 Å². The summed E-state index contributed by atoms with van der Waals surface area (Å²) in [5, 5.41) is 10.2. The Kier molecular flexibility index (Phi) is 3.52. The van der Waals surface area contributed by atoms with Gasteiger partial charge in [-0.2, -0.15) is 0 Å². The van der Waals surface area contributed by atoms with Crippen LogP contribution in [0.2, 0.25) is 10.0 Å². The van der Waals surface area contributed by atoms with Crippen LogP contribution in [0, 0.1) is 0 Å². The molecule has 0 aromatic heterocycles. The Morgan fingerprint density at radius 2 is 2.00 bits per heavy atom. The minimum atomic E-state index is -0.177. The first-order chi connectivity index (χ1) is 7.15. The molecule has 0 aliphatic heterocycles. The van der Waals surface area contributed by atoms with Crippen LogP contribution in [0.3, 0.4) is 0 Å². The van der Waals surface area contributed by atoms with Crippen LogP contribution >= 0.6 is 23.2 Å². The molecule has 2 nitrogen and oxygen atoms in total. The molecule has 1 N–H and O–H groups in total. The van der Waals surface area contributed by atoms with E-state index in [4.69, 9.17) is 33.0 Å². The summed E-state index contributed by atoms with van der Waals surface area (Å²) in [6.45, 7) is 0.522. The van der Waals surface area contributed by atoms with E-state index in [0.29, 0.717) is 16.7 Å². The summed E-state index contributed by atoms with van der Waals surface area (Å²) in [6.07, 6.45) is 1.49. The number of aliphatic hydroxyl groups excluding tert-OH is 1. The standard InChI is InChI=1S/C11H12Cl2O2/c12-10-2-1-7(3-11(10)13)6-15-9-4-8(14)5-9/h1-3,8-9,14H,4-6H2. The molecule has 1 aromatic carbocycles. The van der Waals surface area contributed by atoms with E-state index in [9.17, 15) is 0 Å². The smallest absolute Gasteiger partial charge is 0.0721 e. The topological polar surface area (TPSA) is 29.5 Å². The molecule has 15 heavy (non-hydrogen) atoms. The quantitative estimate of drug-likeness (QED) is 0.889. The molecule has 0 atom stereocenters. The first-order valence-electron chi connectivity index (χ1n) is 4.89. The molecule has 0 heterocycles. The third-order valence-corrected chi connectivity index (χ3v) is 3.28. The molecule has 0 saturated heterocycles. The van der Waals surface area contributed by atoms with Crippen LogP contribution in [0.1, 0.15) is 18.4 Å². The normalized spacial score (nSPS) is 25.0. The van der Waals surface area contributed by atoms with Gasteiger partial charge in [-0.15, -0.1) is 0 Å². The average molecular weight is 247 g/mol. The largest absolute Gasteiger partial charge is 0.393 e. The van der Waals surface area contributed by atoms with Crippen molar-refractivity contribution < 1.29 is 9.84 Å². The van der Waals surface area contributed by atoms with Crippen LogP contribution in [0.5, 0.6) is 0 Å². The van der Waals surface area contributed by atoms with E-state index in [1.807, 2.05) is 6.07 Å². The predicted molar refractivity (Wildman–Crippen MR) is 60.3 cm³/mol. The fourth-order valence-electron chi connectivity index (χ4n) is 1.52. The summed E-state index contributed by atoms with van der Waals surface area (Å²) in [5.74, 6) is 0. The molecule has 0 spiro atoms. The lowest BCUT2D eigenvalue weighted by atomic mass is 9.92. The number of halogens is 2. The van der Waals surface area contributed by atoms with E-state index >= 15 is 0 Å². The zero-order chi connectivity index (χ0) is 10.8. The molecular formula is C11H12Cl2O2. The molecule has 1 saturated carbocycles. The van der Waals surface area contributed by atoms with Crippen LogP contribution in [0.25, 0.3) is 0 Å². The molecule has 1 fully saturated rings. The lowest BCUT2D eigenvalue weighted by molar-refractivity contribution is -0.0778. The summed E-state index contributed by atoms with van der Waals surface area (Å²) in [6, 6.07) is 5.46. The number of benzene rings is 1. The van der Waals surface area contributed by atoms with Crippen molar-refractivity contribution in [2.24, 2.45) is 0 Å². The summed E-state index contributed by atoms with van der Waals surface area (Å²) in [7, 11) is 0. The fraction of sp³-hybridized carbons (Fsp3) is 0.455. The van der Waals surface area contributed by atoms with Crippen molar-refractivity contribution in [1.82, 2.24) is 0 Å². The Labute approximate surface area is 98.8 Å². The highest BCUT2D eigenvalue weighted by Crippen LogP contribution is 2.26. The maximum absolute atomic E-state index is 9.08. The Balaban J connectivity index is 1.86. The second-order valence-corrected chi connectivity index (χ2v) is 4.62. The van der Waals surface area contributed by atoms with Gasteiger partial charge in [-0.25, -0.2) is 0 Å². The molecule has 1 aliphatic carbocycles. The molecule has 82 valence electrons. The molecule has 0 radical (unpaired) electrons. The van der Waals surface area contributed by atoms with Gasteiger partial charge in [0.1, 0.15) is 0 Å². The van der Waals surface area contributed by atoms with Gasteiger partial charge in [-0.3, -0.25) is 0 Å². The Bertz CT molecular complexity index is 348. The molecule has 0 unspecified atom stereocenters. The van der Waals surface area contributed by atoms with E-state index in [1.54, 1.807) is 12.1 Å². The second kappa shape index (κ2) is 4.71. The summed E-state index contributed by atoms with van der Waals surface area (Å²) in [5.41, 5.74) is 1.01. The van der Waals surface area contributed by atoms with E-state index in [2.05, 4.69) is 0 Å². The number of aliphatic hydroxyl groups is 1. The Morgan fingerprint density at radius 3 is 2.60 bits per heavy atom. The van der Waals surface area contributed by atoms with E-state index in [1.165, 1.54) is 0 Å². The highest BCUT2D eigenvalue weighted by molar-refractivity contribution is 6.41. The van der Waals surface area contributed by atoms with Crippen molar-refractivity contribution in [3.63, 3.8) is 0 Å². The SMILES string of the molecule is OC1CC(OCc2ccc(Cl)c(Cl)c2)C1.